The van der Waals surface area contributed by atoms with Gasteiger partial charge in [-0.15, -0.1) is 0 Å². The fraction of sp³-hybridized carbons (Fsp3) is 0.733. The first-order valence-corrected chi connectivity index (χ1v) is 7.47. The van der Waals surface area contributed by atoms with E-state index in [1.807, 2.05) is 12.1 Å². The Balaban J connectivity index is 1.41. The number of rotatable bonds is 5. The number of hydrogen-bond donors (Lipinski definition) is 1. The summed E-state index contributed by atoms with van der Waals surface area (Å²) in [5.74, 6) is 1.62. The normalized spacial score (nSPS) is 25.4. The van der Waals surface area contributed by atoms with Crippen molar-refractivity contribution in [1.29, 1.82) is 0 Å². The molecule has 112 valence electrons. The minimum absolute atomic E-state index is 0.119. The molecule has 0 radical (unpaired) electrons. The van der Waals surface area contributed by atoms with Gasteiger partial charge in [-0.25, -0.2) is 0 Å². The Morgan fingerprint density at radius 3 is 2.80 bits per heavy atom. The highest BCUT2D eigenvalue weighted by Crippen LogP contribution is 2.32. The summed E-state index contributed by atoms with van der Waals surface area (Å²) in [6.07, 6.45) is 2.72. The summed E-state index contributed by atoms with van der Waals surface area (Å²) in [5, 5.41) is 3.37. The molecule has 0 aliphatic carbocycles. The molecule has 2 aliphatic heterocycles. The smallest absolute Gasteiger partial charge is 0.173 e. The number of ether oxygens (including phenoxy) is 3. The van der Waals surface area contributed by atoms with Crippen LogP contribution in [-0.4, -0.2) is 38.3 Å². The van der Waals surface area contributed by atoms with Gasteiger partial charge >= 0.3 is 0 Å². The first-order valence-electron chi connectivity index (χ1n) is 7.47. The first kappa shape index (κ1) is 14.1. The van der Waals surface area contributed by atoms with E-state index in [0.717, 1.165) is 57.1 Å². The SMILES string of the molecule is CCc1ccc(CNCC2COC3(CCOCC3)O2)o1. The van der Waals surface area contributed by atoms with Gasteiger partial charge in [0.15, 0.2) is 5.79 Å². The minimum Gasteiger partial charge on any atom is -0.465 e. The number of furan rings is 1. The molecule has 20 heavy (non-hydrogen) atoms. The molecule has 5 nitrogen and oxygen atoms in total. The van der Waals surface area contributed by atoms with Crippen LogP contribution in [0.2, 0.25) is 0 Å². The van der Waals surface area contributed by atoms with Crippen LogP contribution >= 0.6 is 0 Å². The summed E-state index contributed by atoms with van der Waals surface area (Å²) >= 11 is 0. The lowest BCUT2D eigenvalue weighted by molar-refractivity contribution is -0.210. The second kappa shape index (κ2) is 6.26. The fourth-order valence-electron chi connectivity index (χ4n) is 2.73. The van der Waals surface area contributed by atoms with Gasteiger partial charge in [0.1, 0.15) is 11.5 Å². The van der Waals surface area contributed by atoms with Crippen LogP contribution in [0.5, 0.6) is 0 Å². The molecule has 2 fully saturated rings. The van der Waals surface area contributed by atoms with Crippen LogP contribution in [0.3, 0.4) is 0 Å². The van der Waals surface area contributed by atoms with Crippen molar-refractivity contribution in [2.24, 2.45) is 0 Å². The molecule has 1 aromatic rings. The van der Waals surface area contributed by atoms with E-state index in [9.17, 15) is 0 Å². The zero-order valence-electron chi connectivity index (χ0n) is 12.0. The molecular formula is C15H23NO4. The molecule has 0 bridgehead atoms. The Morgan fingerprint density at radius 1 is 1.25 bits per heavy atom. The molecule has 1 unspecified atom stereocenters. The van der Waals surface area contributed by atoms with Crippen molar-refractivity contribution in [2.45, 2.75) is 44.6 Å². The van der Waals surface area contributed by atoms with Crippen molar-refractivity contribution in [3.63, 3.8) is 0 Å². The summed E-state index contributed by atoms with van der Waals surface area (Å²) < 4.78 is 22.9. The highest BCUT2D eigenvalue weighted by molar-refractivity contribution is 5.06. The first-order chi connectivity index (χ1) is 9.80. The topological polar surface area (TPSA) is 52.9 Å². The van der Waals surface area contributed by atoms with Gasteiger partial charge in [0.2, 0.25) is 0 Å². The highest BCUT2D eigenvalue weighted by Gasteiger charge is 2.42. The van der Waals surface area contributed by atoms with Crippen LogP contribution < -0.4 is 5.32 Å². The molecular weight excluding hydrogens is 258 g/mol. The molecule has 1 atom stereocenters. The van der Waals surface area contributed by atoms with Crippen LogP contribution in [0.4, 0.5) is 0 Å². The lowest BCUT2D eigenvalue weighted by Gasteiger charge is -2.31. The molecule has 0 saturated carbocycles. The molecule has 2 saturated heterocycles. The number of nitrogens with one attached hydrogen (secondary N) is 1. The van der Waals surface area contributed by atoms with Gasteiger partial charge in [0.25, 0.3) is 0 Å². The van der Waals surface area contributed by atoms with E-state index >= 15 is 0 Å². The average Bonchev–Trinajstić information content (AvgIpc) is 3.08. The zero-order valence-corrected chi connectivity index (χ0v) is 12.0. The second-order valence-electron chi connectivity index (χ2n) is 5.43. The summed E-state index contributed by atoms with van der Waals surface area (Å²) in [4.78, 5) is 0. The lowest BCUT2D eigenvalue weighted by Crippen LogP contribution is -2.39. The van der Waals surface area contributed by atoms with E-state index in [2.05, 4.69) is 12.2 Å². The molecule has 5 heteroatoms. The number of aryl methyl sites for hydroxylation is 1. The Labute approximate surface area is 119 Å². The lowest BCUT2D eigenvalue weighted by atomic mass is 10.1. The number of hydrogen-bond acceptors (Lipinski definition) is 5. The molecule has 3 heterocycles. The third-order valence-corrected chi connectivity index (χ3v) is 3.91. The Morgan fingerprint density at radius 2 is 2.05 bits per heavy atom. The van der Waals surface area contributed by atoms with Crippen molar-refractivity contribution in [1.82, 2.24) is 5.32 Å². The van der Waals surface area contributed by atoms with E-state index in [-0.39, 0.29) is 11.9 Å². The van der Waals surface area contributed by atoms with Crippen molar-refractivity contribution in [3.8, 4) is 0 Å². The van der Waals surface area contributed by atoms with Crippen LogP contribution in [0.15, 0.2) is 16.5 Å². The molecule has 1 aromatic heterocycles. The van der Waals surface area contributed by atoms with Crippen molar-refractivity contribution in [2.75, 3.05) is 26.4 Å². The van der Waals surface area contributed by atoms with Crippen LogP contribution in [-0.2, 0) is 27.2 Å². The van der Waals surface area contributed by atoms with Gasteiger partial charge in [-0.2, -0.15) is 0 Å². The largest absolute Gasteiger partial charge is 0.465 e. The Bertz CT molecular complexity index is 425. The maximum Gasteiger partial charge on any atom is 0.173 e. The maximum atomic E-state index is 6.06. The monoisotopic (exact) mass is 281 g/mol. The third-order valence-electron chi connectivity index (χ3n) is 3.91. The standard InChI is InChI=1S/C15H23NO4/c1-2-12-3-4-13(19-12)9-16-10-14-11-18-15(20-14)5-7-17-8-6-15/h3-4,14,16H,2,5-11H2,1H3. The van der Waals surface area contributed by atoms with Gasteiger partial charge in [0, 0.05) is 25.8 Å². The molecule has 0 aromatic carbocycles. The van der Waals surface area contributed by atoms with Gasteiger partial charge < -0.3 is 23.9 Å². The molecule has 2 aliphatic rings. The summed E-state index contributed by atoms with van der Waals surface area (Å²) in [5.41, 5.74) is 0. The second-order valence-corrected chi connectivity index (χ2v) is 5.43. The van der Waals surface area contributed by atoms with E-state index in [4.69, 9.17) is 18.6 Å². The predicted octanol–water partition coefficient (Wildman–Crippen LogP) is 1.85. The average molecular weight is 281 g/mol. The summed E-state index contributed by atoms with van der Waals surface area (Å²) in [6, 6.07) is 4.06. The molecule has 1 N–H and O–H groups in total. The van der Waals surface area contributed by atoms with Gasteiger partial charge in [0.05, 0.1) is 32.5 Å². The zero-order chi connectivity index (χ0) is 13.8. The van der Waals surface area contributed by atoms with Crippen molar-refractivity contribution >= 4 is 0 Å². The molecule has 0 amide bonds. The predicted molar refractivity (Wildman–Crippen MR) is 73.4 cm³/mol. The highest BCUT2D eigenvalue weighted by atomic mass is 16.7. The van der Waals surface area contributed by atoms with Gasteiger partial charge in [-0.05, 0) is 12.1 Å². The van der Waals surface area contributed by atoms with Crippen LogP contribution in [0.1, 0.15) is 31.3 Å². The Kier molecular flexibility index (Phi) is 4.41. The van der Waals surface area contributed by atoms with Crippen LogP contribution in [0, 0.1) is 0 Å². The van der Waals surface area contributed by atoms with E-state index < -0.39 is 0 Å². The minimum atomic E-state index is -0.384. The third kappa shape index (κ3) is 3.23. The Hall–Kier alpha value is -0.880. The van der Waals surface area contributed by atoms with E-state index in [0.29, 0.717) is 6.61 Å². The van der Waals surface area contributed by atoms with Crippen LogP contribution in [0.25, 0.3) is 0 Å². The maximum absolute atomic E-state index is 6.06. The van der Waals surface area contributed by atoms with Crippen molar-refractivity contribution in [3.05, 3.63) is 23.7 Å². The molecule has 1 spiro atoms. The van der Waals surface area contributed by atoms with E-state index in [1.54, 1.807) is 0 Å². The summed E-state index contributed by atoms with van der Waals surface area (Å²) in [7, 11) is 0. The quantitative estimate of drug-likeness (QED) is 0.892. The van der Waals surface area contributed by atoms with Gasteiger partial charge in [-0.1, -0.05) is 6.92 Å². The van der Waals surface area contributed by atoms with Gasteiger partial charge in [-0.3, -0.25) is 0 Å². The summed E-state index contributed by atoms with van der Waals surface area (Å²) in [6.45, 7) is 5.72. The fourth-order valence-corrected chi connectivity index (χ4v) is 2.73. The molecule has 3 rings (SSSR count). The van der Waals surface area contributed by atoms with Crippen molar-refractivity contribution < 1.29 is 18.6 Å². The van der Waals surface area contributed by atoms with E-state index in [1.165, 1.54) is 0 Å².